The average Bonchev–Trinajstić information content (AvgIpc) is 4.05. The van der Waals surface area contributed by atoms with Crippen LogP contribution in [0.15, 0.2) is 146 Å². The second-order valence-corrected chi connectivity index (χ2v) is 17.4. The molecule has 0 bridgehead atoms. The van der Waals surface area contributed by atoms with E-state index >= 15 is 0 Å². The van der Waals surface area contributed by atoms with Crippen LogP contribution in [0.25, 0.3) is 0 Å². The van der Waals surface area contributed by atoms with Crippen LogP contribution < -0.4 is 19.7 Å². The molecule has 0 radical (unpaired) electrons. The topological polar surface area (TPSA) is 83.6 Å². The zero-order chi connectivity index (χ0) is 51.6. The molecule has 0 saturated carbocycles. The quantitative estimate of drug-likeness (QED) is 0.105. The summed E-state index contributed by atoms with van der Waals surface area (Å²) in [6.45, 7) is -0.798. The Hall–Kier alpha value is -6.15. The Morgan fingerprint density at radius 1 is 0.648 bits per heavy atom. The van der Waals surface area contributed by atoms with Gasteiger partial charge in [0.1, 0.15) is 16.9 Å². The summed E-state index contributed by atoms with van der Waals surface area (Å²) in [5.74, 6) is -0.988. The van der Waals surface area contributed by atoms with Crippen LogP contribution in [0.1, 0.15) is 33.4 Å². The van der Waals surface area contributed by atoms with Crippen molar-refractivity contribution in [1.82, 2.24) is 0 Å². The number of hydrogen-bond acceptors (Lipinski definition) is 6. The number of benzene rings is 6. The number of alkyl halides is 12. The van der Waals surface area contributed by atoms with E-state index in [4.69, 9.17) is 23.2 Å². The van der Waals surface area contributed by atoms with Crippen molar-refractivity contribution >= 4 is 40.5 Å². The fourth-order valence-electron chi connectivity index (χ4n) is 8.64. The lowest BCUT2D eigenvalue weighted by Crippen LogP contribution is -2.43. The Morgan fingerprint density at radius 3 is 1.68 bits per heavy atom. The summed E-state index contributed by atoms with van der Waals surface area (Å²) in [6, 6.07) is 39.1. The largest absolute Gasteiger partial charge is 0.573 e. The second-order valence-electron chi connectivity index (χ2n) is 16.6. The summed E-state index contributed by atoms with van der Waals surface area (Å²) in [5.41, 5.74) is 2.87. The van der Waals surface area contributed by atoms with Crippen molar-refractivity contribution in [2.75, 3.05) is 29.9 Å². The molecule has 3 unspecified atom stereocenters. The van der Waals surface area contributed by atoms with E-state index < -0.39 is 60.4 Å². The normalized spacial score (nSPS) is 19.8. The van der Waals surface area contributed by atoms with Crippen LogP contribution in [0, 0.1) is 0 Å². The molecule has 9 rings (SSSR count). The van der Waals surface area contributed by atoms with Crippen molar-refractivity contribution in [3.63, 3.8) is 0 Å². The zero-order valence-corrected chi connectivity index (χ0v) is 37.9. The number of epoxide rings is 1. The van der Waals surface area contributed by atoms with Gasteiger partial charge in [0.25, 0.3) is 0 Å². The van der Waals surface area contributed by atoms with Crippen molar-refractivity contribution in [2.24, 2.45) is 0 Å². The van der Waals surface area contributed by atoms with E-state index in [9.17, 15) is 62.6 Å². The van der Waals surface area contributed by atoms with E-state index in [1.54, 1.807) is 91.0 Å². The van der Waals surface area contributed by atoms with E-state index in [2.05, 4.69) is 19.5 Å². The maximum absolute atomic E-state index is 13.2. The van der Waals surface area contributed by atoms with Gasteiger partial charge in [-0.15, -0.1) is 26.3 Å². The van der Waals surface area contributed by atoms with Crippen molar-refractivity contribution < 1.29 is 76.8 Å². The predicted octanol–water partition coefficient (Wildman–Crippen LogP) is 13.2. The van der Waals surface area contributed by atoms with Gasteiger partial charge in [-0.3, -0.25) is 4.79 Å². The van der Waals surface area contributed by atoms with Gasteiger partial charge in [0.15, 0.2) is 12.2 Å². The number of aliphatic hydroxyl groups excluding tert-OH is 1. The van der Waals surface area contributed by atoms with Gasteiger partial charge in [-0.2, -0.15) is 26.3 Å². The SMILES string of the molecule is FC(F)(F)C1CO1.O=C1Nc2ccccc2C1(Cc1cccc(OC(F)(F)F)c1)c1cccc(Cl)c1.O[C@H](CN1CC(Cc2cccc(OC(F)(F)F)c2)(c2cccc(Cl)c2)c2ccccc21)C(F)(F)F. The zero-order valence-electron chi connectivity index (χ0n) is 36.4. The number of para-hydroxylation sites is 2. The number of aliphatic hydroxyl groups is 1. The van der Waals surface area contributed by atoms with Gasteiger partial charge in [-0.25, -0.2) is 0 Å². The fourth-order valence-corrected chi connectivity index (χ4v) is 9.02. The summed E-state index contributed by atoms with van der Waals surface area (Å²) < 4.78 is 161. The number of nitrogens with zero attached hydrogens (tertiary/aromatic N) is 1. The molecule has 1 fully saturated rings. The summed E-state index contributed by atoms with van der Waals surface area (Å²) in [5, 5.41) is 13.5. The molecule has 0 spiro atoms. The minimum Gasteiger partial charge on any atom is -0.406 e. The summed E-state index contributed by atoms with van der Waals surface area (Å²) in [4.78, 5) is 14.7. The average molecular weight is 1050 g/mol. The van der Waals surface area contributed by atoms with Crippen LogP contribution >= 0.6 is 23.2 Å². The summed E-state index contributed by atoms with van der Waals surface area (Å²) in [7, 11) is 0. The maximum atomic E-state index is 13.2. The van der Waals surface area contributed by atoms with E-state index in [0.717, 1.165) is 5.56 Å². The summed E-state index contributed by atoms with van der Waals surface area (Å²) in [6.07, 6.45) is -22.3. The van der Waals surface area contributed by atoms with Gasteiger partial charge in [-0.1, -0.05) is 108 Å². The van der Waals surface area contributed by atoms with E-state index in [1.807, 2.05) is 18.2 Å². The molecule has 6 aromatic rings. The van der Waals surface area contributed by atoms with Crippen molar-refractivity contribution in [1.29, 1.82) is 0 Å². The molecule has 1 saturated heterocycles. The smallest absolute Gasteiger partial charge is 0.406 e. The number of carbonyl (C=O) groups excluding carboxylic acids is 1. The lowest BCUT2D eigenvalue weighted by Gasteiger charge is -2.33. The minimum absolute atomic E-state index is 0.0458. The number of halogens is 14. The minimum atomic E-state index is -4.87. The van der Waals surface area contributed by atoms with Crippen LogP contribution in [0.4, 0.5) is 64.1 Å². The van der Waals surface area contributed by atoms with Crippen LogP contribution in [0.5, 0.6) is 11.5 Å². The van der Waals surface area contributed by atoms with Crippen LogP contribution in [0.3, 0.4) is 0 Å². The van der Waals surface area contributed by atoms with Crippen molar-refractivity contribution in [3.05, 3.63) is 189 Å². The second kappa shape index (κ2) is 20.5. The first-order chi connectivity index (χ1) is 33.3. The van der Waals surface area contributed by atoms with E-state index in [-0.39, 0.29) is 37.6 Å². The van der Waals surface area contributed by atoms with Crippen LogP contribution in [0.2, 0.25) is 10.0 Å². The van der Waals surface area contributed by atoms with Crippen LogP contribution in [-0.4, -0.2) is 68.0 Å². The number of amides is 1. The molecule has 3 aliphatic rings. The van der Waals surface area contributed by atoms with Crippen LogP contribution in [-0.2, 0) is 33.2 Å². The van der Waals surface area contributed by atoms with Gasteiger partial charge < -0.3 is 29.5 Å². The van der Waals surface area contributed by atoms with Gasteiger partial charge in [0.2, 0.25) is 5.91 Å². The van der Waals surface area contributed by atoms with Gasteiger partial charge in [0, 0.05) is 33.4 Å². The monoisotopic (exact) mass is 1040 g/mol. The molecule has 0 aromatic heterocycles. The van der Waals surface area contributed by atoms with Gasteiger partial charge in [0.05, 0.1) is 13.2 Å². The molecule has 4 atom stereocenters. The molecule has 0 aliphatic carbocycles. The molecule has 3 aliphatic heterocycles. The molecule has 6 aromatic carbocycles. The fraction of sp³-hybridized carbons (Fsp3) is 0.260. The number of anilines is 2. The Bertz CT molecular complexity index is 2840. The molecule has 376 valence electrons. The highest BCUT2D eigenvalue weighted by atomic mass is 35.5. The summed E-state index contributed by atoms with van der Waals surface area (Å²) >= 11 is 12.4. The third kappa shape index (κ3) is 12.9. The third-order valence-corrected chi connectivity index (χ3v) is 12.1. The maximum Gasteiger partial charge on any atom is 0.573 e. The highest BCUT2D eigenvalue weighted by molar-refractivity contribution is 6.31. The number of fused-ring (bicyclic) bond motifs is 2. The third-order valence-electron chi connectivity index (χ3n) is 11.6. The number of rotatable bonds is 10. The first kappa shape index (κ1) is 52.7. The first-order valence-corrected chi connectivity index (χ1v) is 21.9. The van der Waals surface area contributed by atoms with Crippen molar-refractivity contribution in [2.45, 2.75) is 61.0 Å². The standard InChI is InChI=1S/C25H20ClF6NO2.C22H15ClF3NO2.C3H3F3O/c26-18-7-4-6-17(12-18)23(13-16-5-3-8-19(11-16)35-25(30,31)32)15-33(14-22(34)24(27,28)29)21-10-2-1-9-20(21)23;23-16-7-4-6-15(12-16)21(18-9-1-2-10-19(18)27-20(21)28)13-14-5-3-8-17(11-14)29-22(24,25)26;4-3(5,6)2-1-7-2/h1-12,22,34H,13-15H2;1-12H,13H2,(H,27,28);2H,1H2/t22-,23?;;/m1../s1. The van der Waals surface area contributed by atoms with Gasteiger partial charge in [-0.05, 0) is 107 Å². The molecule has 3 heterocycles. The number of ether oxygens (including phenoxy) is 3. The lowest BCUT2D eigenvalue weighted by molar-refractivity contribution is -0.275. The lowest BCUT2D eigenvalue weighted by atomic mass is 9.71. The molecule has 21 heteroatoms. The number of nitrogens with one attached hydrogen (secondary N) is 1. The number of β-amino-alcohol motifs (C(OH)–C–C–N with tert-alkyl or cyclic N) is 1. The first-order valence-electron chi connectivity index (χ1n) is 21.2. The molecule has 7 nitrogen and oxygen atoms in total. The highest BCUT2D eigenvalue weighted by Gasteiger charge is 2.51. The Labute approximate surface area is 407 Å². The molecule has 71 heavy (non-hydrogen) atoms. The van der Waals surface area contributed by atoms with E-state index in [0.29, 0.717) is 49.2 Å². The predicted molar refractivity (Wildman–Crippen MR) is 240 cm³/mol. The highest BCUT2D eigenvalue weighted by Crippen LogP contribution is 2.49. The molecule has 2 N–H and O–H groups in total. The Kier molecular flexibility index (Phi) is 15.2. The van der Waals surface area contributed by atoms with Gasteiger partial charge >= 0.3 is 25.1 Å². The molecular formula is C50H38Cl2F12N2O5. The Balaban J connectivity index is 0.000000185. The molecule has 1 amide bonds. The van der Waals surface area contributed by atoms with Crippen molar-refractivity contribution in [3.8, 4) is 11.5 Å². The number of carbonyl (C=O) groups is 1. The number of hydrogen-bond donors (Lipinski definition) is 2. The molecular weight excluding hydrogens is 1010 g/mol. The van der Waals surface area contributed by atoms with E-state index in [1.165, 1.54) is 41.3 Å². The Morgan fingerprint density at radius 2 is 1.15 bits per heavy atom.